The van der Waals surface area contributed by atoms with Gasteiger partial charge in [0.2, 0.25) is 0 Å². The van der Waals surface area contributed by atoms with Crippen LogP contribution < -0.4 is 4.74 Å². The van der Waals surface area contributed by atoms with Gasteiger partial charge in [0.25, 0.3) is 0 Å². The molecule has 0 aliphatic heterocycles. The van der Waals surface area contributed by atoms with Crippen molar-refractivity contribution >= 4 is 0 Å². The fraction of sp³-hybridized carbons (Fsp3) is 0.250. The molecule has 1 aliphatic rings. The van der Waals surface area contributed by atoms with E-state index in [2.05, 4.69) is 24.3 Å². The topological polar surface area (TPSA) is 29.5 Å². The molecule has 0 spiro atoms. The summed E-state index contributed by atoms with van der Waals surface area (Å²) in [4.78, 5) is 0. The van der Waals surface area contributed by atoms with E-state index in [1.165, 1.54) is 11.1 Å². The molecule has 0 fully saturated rings. The van der Waals surface area contributed by atoms with Crippen molar-refractivity contribution in [2.75, 3.05) is 6.61 Å². The first-order valence-electron chi connectivity index (χ1n) is 6.28. The van der Waals surface area contributed by atoms with Crippen molar-refractivity contribution in [3.8, 4) is 5.75 Å². The van der Waals surface area contributed by atoms with Gasteiger partial charge in [-0.25, -0.2) is 0 Å². The lowest BCUT2D eigenvalue weighted by molar-refractivity contribution is 0.248. The van der Waals surface area contributed by atoms with E-state index in [4.69, 9.17) is 4.74 Å². The second kappa shape index (κ2) is 4.83. The average molecular weight is 240 g/mol. The number of ether oxygens (including phenoxy) is 1. The second-order valence-corrected chi connectivity index (χ2v) is 4.68. The molecule has 3 rings (SSSR count). The van der Waals surface area contributed by atoms with Gasteiger partial charge in [0.15, 0.2) is 0 Å². The molecule has 1 N–H and O–H groups in total. The lowest BCUT2D eigenvalue weighted by Crippen LogP contribution is -2.23. The number of aliphatic hydroxyl groups is 1. The number of benzene rings is 2. The van der Waals surface area contributed by atoms with Crippen molar-refractivity contribution in [2.45, 2.75) is 18.9 Å². The molecule has 2 aromatic carbocycles. The maximum absolute atomic E-state index is 9.23. The molecule has 0 saturated heterocycles. The smallest absolute Gasteiger partial charge is 0.124 e. The fourth-order valence-corrected chi connectivity index (χ4v) is 2.48. The van der Waals surface area contributed by atoms with Crippen LogP contribution in [0.1, 0.15) is 22.6 Å². The average Bonchev–Trinajstić information content (AvgIpc) is 2.40. The van der Waals surface area contributed by atoms with Gasteiger partial charge in [-0.05, 0) is 23.6 Å². The zero-order chi connectivity index (χ0) is 12.4. The van der Waals surface area contributed by atoms with Crippen molar-refractivity contribution in [3.05, 3.63) is 65.2 Å². The van der Waals surface area contributed by atoms with Crippen molar-refractivity contribution in [2.24, 2.45) is 0 Å². The number of hydrogen-bond acceptors (Lipinski definition) is 2. The van der Waals surface area contributed by atoms with Gasteiger partial charge in [-0.1, -0.05) is 42.5 Å². The number of rotatable bonds is 4. The van der Waals surface area contributed by atoms with Crippen LogP contribution in [0.5, 0.6) is 5.75 Å². The Kier molecular flexibility index (Phi) is 3.03. The first-order chi connectivity index (χ1) is 8.88. The SMILES string of the molecule is OCc1ccccc1OCC1Cc2ccccc21. The van der Waals surface area contributed by atoms with Crippen molar-refractivity contribution in [1.29, 1.82) is 0 Å². The first-order valence-corrected chi connectivity index (χ1v) is 6.28. The van der Waals surface area contributed by atoms with Crippen LogP contribution in [0.2, 0.25) is 0 Å². The fourth-order valence-electron chi connectivity index (χ4n) is 2.48. The Hall–Kier alpha value is -1.80. The van der Waals surface area contributed by atoms with Crippen LogP contribution in [0, 0.1) is 0 Å². The van der Waals surface area contributed by atoms with E-state index in [1.54, 1.807) is 0 Å². The highest BCUT2D eigenvalue weighted by Gasteiger charge is 2.25. The van der Waals surface area contributed by atoms with Crippen LogP contribution in [0.15, 0.2) is 48.5 Å². The van der Waals surface area contributed by atoms with Gasteiger partial charge >= 0.3 is 0 Å². The summed E-state index contributed by atoms with van der Waals surface area (Å²) >= 11 is 0. The van der Waals surface area contributed by atoms with E-state index in [-0.39, 0.29) is 6.61 Å². The Morgan fingerprint density at radius 1 is 1.06 bits per heavy atom. The van der Waals surface area contributed by atoms with E-state index in [0.717, 1.165) is 17.7 Å². The molecular weight excluding hydrogens is 224 g/mol. The van der Waals surface area contributed by atoms with E-state index in [0.29, 0.717) is 12.5 Å². The Bertz CT molecular complexity index is 548. The lowest BCUT2D eigenvalue weighted by atomic mass is 9.78. The summed E-state index contributed by atoms with van der Waals surface area (Å²) < 4.78 is 5.83. The summed E-state index contributed by atoms with van der Waals surface area (Å²) in [6, 6.07) is 16.2. The van der Waals surface area contributed by atoms with Gasteiger partial charge in [0.1, 0.15) is 5.75 Å². The summed E-state index contributed by atoms with van der Waals surface area (Å²) in [6.07, 6.45) is 1.09. The summed E-state index contributed by atoms with van der Waals surface area (Å²) in [5, 5.41) is 9.23. The van der Waals surface area contributed by atoms with Gasteiger partial charge in [-0.15, -0.1) is 0 Å². The molecule has 1 unspecified atom stereocenters. The van der Waals surface area contributed by atoms with E-state index in [9.17, 15) is 5.11 Å². The first kappa shape index (κ1) is 11.3. The van der Waals surface area contributed by atoms with Crippen LogP contribution in [-0.2, 0) is 13.0 Å². The van der Waals surface area contributed by atoms with Crippen molar-refractivity contribution < 1.29 is 9.84 Å². The number of hydrogen-bond donors (Lipinski definition) is 1. The molecule has 0 saturated carbocycles. The molecule has 2 aromatic rings. The Labute approximate surface area is 107 Å². The third-order valence-electron chi connectivity index (χ3n) is 3.54. The van der Waals surface area contributed by atoms with Gasteiger partial charge < -0.3 is 9.84 Å². The van der Waals surface area contributed by atoms with Crippen LogP contribution in [0.4, 0.5) is 0 Å². The molecule has 1 atom stereocenters. The van der Waals surface area contributed by atoms with Crippen LogP contribution in [-0.4, -0.2) is 11.7 Å². The third kappa shape index (κ3) is 2.00. The quantitative estimate of drug-likeness (QED) is 0.890. The maximum Gasteiger partial charge on any atom is 0.124 e. The van der Waals surface area contributed by atoms with Gasteiger partial charge in [0.05, 0.1) is 13.2 Å². The van der Waals surface area contributed by atoms with Crippen molar-refractivity contribution in [3.63, 3.8) is 0 Å². The van der Waals surface area contributed by atoms with Crippen LogP contribution in [0.25, 0.3) is 0 Å². The summed E-state index contributed by atoms with van der Waals surface area (Å²) in [6.45, 7) is 0.714. The lowest BCUT2D eigenvalue weighted by Gasteiger charge is -2.30. The minimum atomic E-state index is 0.0252. The molecule has 18 heavy (non-hydrogen) atoms. The van der Waals surface area contributed by atoms with E-state index in [1.807, 2.05) is 24.3 Å². The van der Waals surface area contributed by atoms with Crippen molar-refractivity contribution in [1.82, 2.24) is 0 Å². The highest BCUT2D eigenvalue weighted by Crippen LogP contribution is 2.35. The molecule has 0 aromatic heterocycles. The molecule has 0 bridgehead atoms. The summed E-state index contributed by atoms with van der Waals surface area (Å²) in [5.41, 5.74) is 3.69. The Balaban J connectivity index is 1.67. The minimum Gasteiger partial charge on any atom is -0.493 e. The zero-order valence-electron chi connectivity index (χ0n) is 10.2. The van der Waals surface area contributed by atoms with Gasteiger partial charge in [0, 0.05) is 11.5 Å². The molecule has 2 nitrogen and oxygen atoms in total. The van der Waals surface area contributed by atoms with E-state index >= 15 is 0 Å². The molecule has 0 heterocycles. The minimum absolute atomic E-state index is 0.0252. The van der Waals surface area contributed by atoms with Crippen LogP contribution in [0.3, 0.4) is 0 Å². The molecule has 0 radical (unpaired) electrons. The third-order valence-corrected chi connectivity index (χ3v) is 3.54. The second-order valence-electron chi connectivity index (χ2n) is 4.68. The molecule has 1 aliphatic carbocycles. The standard InChI is InChI=1S/C16H16O2/c17-10-13-6-2-4-8-16(13)18-11-14-9-12-5-1-3-7-15(12)14/h1-8,14,17H,9-11H2. The number of para-hydroxylation sites is 1. The van der Waals surface area contributed by atoms with Gasteiger partial charge in [-0.2, -0.15) is 0 Å². The highest BCUT2D eigenvalue weighted by molar-refractivity contribution is 5.40. The Morgan fingerprint density at radius 3 is 2.67 bits per heavy atom. The molecule has 2 heteroatoms. The highest BCUT2D eigenvalue weighted by atomic mass is 16.5. The van der Waals surface area contributed by atoms with Crippen LogP contribution >= 0.6 is 0 Å². The Morgan fingerprint density at radius 2 is 1.83 bits per heavy atom. The number of fused-ring (bicyclic) bond motifs is 1. The van der Waals surface area contributed by atoms with E-state index < -0.39 is 0 Å². The largest absolute Gasteiger partial charge is 0.493 e. The zero-order valence-corrected chi connectivity index (χ0v) is 10.2. The molecule has 92 valence electrons. The molecule has 0 amide bonds. The number of aliphatic hydroxyl groups excluding tert-OH is 1. The normalized spacial score (nSPS) is 16.8. The summed E-state index contributed by atoms with van der Waals surface area (Å²) in [7, 11) is 0. The molecular formula is C16H16O2. The monoisotopic (exact) mass is 240 g/mol. The predicted octanol–water partition coefficient (Wildman–Crippen LogP) is 2.90. The maximum atomic E-state index is 9.23. The summed E-state index contributed by atoms with van der Waals surface area (Å²) in [5.74, 6) is 1.29. The predicted molar refractivity (Wildman–Crippen MR) is 70.7 cm³/mol. The van der Waals surface area contributed by atoms with Gasteiger partial charge in [-0.3, -0.25) is 0 Å².